The van der Waals surface area contributed by atoms with E-state index in [2.05, 4.69) is 16.6 Å². The van der Waals surface area contributed by atoms with Crippen LogP contribution in [0.4, 0.5) is 0 Å². The van der Waals surface area contributed by atoms with Gasteiger partial charge in [-0.25, -0.2) is 4.79 Å². The Hall–Kier alpha value is -1.64. The van der Waals surface area contributed by atoms with Crippen molar-refractivity contribution in [1.29, 1.82) is 0 Å². The normalized spacial score (nSPS) is 10.7. The summed E-state index contributed by atoms with van der Waals surface area (Å²) in [5.41, 5.74) is 1.53. The monoisotopic (exact) mass is 189 g/mol. The summed E-state index contributed by atoms with van der Waals surface area (Å²) in [4.78, 5) is 11.4. The number of aryl methyl sites for hydroxylation is 2. The molecular weight excluding hydrogens is 178 g/mol. The van der Waals surface area contributed by atoms with Crippen LogP contribution in [0.15, 0.2) is 27.5 Å². The van der Waals surface area contributed by atoms with Crippen LogP contribution in [0, 0.1) is 6.92 Å². The molecule has 0 bridgehead atoms. The second-order valence-electron chi connectivity index (χ2n) is 3.29. The Labute approximate surface area is 81.3 Å². The Kier molecular flexibility index (Phi) is 2.08. The average molecular weight is 189 g/mol. The first-order valence-electron chi connectivity index (χ1n) is 4.61. The number of aromatic nitrogens is 1. The summed E-state index contributed by atoms with van der Waals surface area (Å²) in [6, 6.07) is 5.81. The van der Waals surface area contributed by atoms with Crippen molar-refractivity contribution in [2.75, 3.05) is 0 Å². The van der Waals surface area contributed by atoms with Crippen molar-refractivity contribution in [3.8, 4) is 0 Å². The highest BCUT2D eigenvalue weighted by molar-refractivity contribution is 5.83. The first kappa shape index (κ1) is 8.94. The third-order valence-corrected chi connectivity index (χ3v) is 2.37. The molecule has 0 saturated heterocycles. The van der Waals surface area contributed by atoms with Gasteiger partial charge in [-0.1, -0.05) is 24.2 Å². The zero-order valence-electron chi connectivity index (χ0n) is 8.20. The van der Waals surface area contributed by atoms with Crippen LogP contribution in [0.25, 0.3) is 10.8 Å². The van der Waals surface area contributed by atoms with Crippen molar-refractivity contribution >= 4 is 10.8 Å². The molecule has 0 N–H and O–H groups in total. The van der Waals surface area contributed by atoms with Crippen LogP contribution >= 0.6 is 0 Å². The Morgan fingerprint density at radius 3 is 2.86 bits per heavy atom. The molecule has 3 nitrogen and oxygen atoms in total. The van der Waals surface area contributed by atoms with Crippen molar-refractivity contribution in [2.45, 2.75) is 20.3 Å². The molecule has 1 aromatic carbocycles. The largest absolute Gasteiger partial charge is 0.366 e. The molecule has 72 valence electrons. The predicted molar refractivity (Wildman–Crippen MR) is 54.4 cm³/mol. The van der Waals surface area contributed by atoms with E-state index < -0.39 is 0 Å². The molecule has 14 heavy (non-hydrogen) atoms. The topological polar surface area (TPSA) is 43.1 Å². The molecule has 0 atom stereocenters. The van der Waals surface area contributed by atoms with Gasteiger partial charge in [0.1, 0.15) is 0 Å². The zero-order valence-corrected chi connectivity index (χ0v) is 8.20. The Morgan fingerprint density at radius 1 is 1.36 bits per heavy atom. The van der Waals surface area contributed by atoms with E-state index in [-0.39, 0.29) is 5.63 Å². The summed E-state index contributed by atoms with van der Waals surface area (Å²) in [6.45, 7) is 3.88. The van der Waals surface area contributed by atoms with Gasteiger partial charge in [0.25, 0.3) is 0 Å². The van der Waals surface area contributed by atoms with E-state index in [1.807, 2.05) is 25.1 Å². The van der Waals surface area contributed by atoms with Gasteiger partial charge in [0.15, 0.2) is 0 Å². The predicted octanol–water partition coefficient (Wildman–Crippen LogP) is 2.06. The summed E-state index contributed by atoms with van der Waals surface area (Å²) in [5, 5.41) is 5.17. The lowest BCUT2D eigenvalue weighted by molar-refractivity contribution is 0.371. The van der Waals surface area contributed by atoms with Crippen LogP contribution in [0.5, 0.6) is 0 Å². The number of hydrogen-bond acceptors (Lipinski definition) is 3. The second-order valence-corrected chi connectivity index (χ2v) is 3.29. The first-order valence-corrected chi connectivity index (χ1v) is 4.61. The van der Waals surface area contributed by atoms with Gasteiger partial charge >= 0.3 is 5.63 Å². The Bertz CT molecular complexity index is 528. The van der Waals surface area contributed by atoms with Crippen molar-refractivity contribution in [1.82, 2.24) is 5.16 Å². The molecule has 0 aliphatic rings. The minimum Gasteiger partial charge on any atom is -0.313 e. The fourth-order valence-electron chi connectivity index (χ4n) is 1.50. The van der Waals surface area contributed by atoms with Gasteiger partial charge in [-0.3, -0.25) is 0 Å². The number of benzene rings is 1. The number of hydrogen-bond donors (Lipinski definition) is 0. The SMILES string of the molecule is CCc1ccc2c(C)noc(=O)c2c1. The molecule has 3 heteroatoms. The molecule has 0 aliphatic carbocycles. The van der Waals surface area contributed by atoms with Crippen molar-refractivity contribution in [3.05, 3.63) is 39.9 Å². The summed E-state index contributed by atoms with van der Waals surface area (Å²) in [6.07, 6.45) is 0.913. The summed E-state index contributed by atoms with van der Waals surface area (Å²) in [5.74, 6) is 0. The van der Waals surface area contributed by atoms with E-state index >= 15 is 0 Å². The molecule has 0 saturated carbocycles. The molecule has 0 radical (unpaired) electrons. The molecule has 0 aliphatic heterocycles. The number of nitrogens with zero attached hydrogens (tertiary/aromatic N) is 1. The fraction of sp³-hybridized carbons (Fsp3) is 0.273. The highest BCUT2D eigenvalue weighted by Gasteiger charge is 2.04. The molecule has 0 amide bonds. The van der Waals surface area contributed by atoms with Gasteiger partial charge in [-0.15, -0.1) is 0 Å². The highest BCUT2D eigenvalue weighted by Crippen LogP contribution is 2.14. The van der Waals surface area contributed by atoms with Gasteiger partial charge in [0.2, 0.25) is 0 Å². The molecule has 2 rings (SSSR count). The fourth-order valence-corrected chi connectivity index (χ4v) is 1.50. The van der Waals surface area contributed by atoms with E-state index in [4.69, 9.17) is 0 Å². The summed E-state index contributed by atoms with van der Waals surface area (Å²) >= 11 is 0. The number of fused-ring (bicyclic) bond motifs is 1. The lowest BCUT2D eigenvalue weighted by atomic mass is 10.1. The van der Waals surface area contributed by atoms with E-state index in [9.17, 15) is 4.79 Å². The van der Waals surface area contributed by atoms with Crippen LogP contribution in [0.3, 0.4) is 0 Å². The average Bonchev–Trinajstić information content (AvgIpc) is 2.23. The van der Waals surface area contributed by atoms with Crippen LogP contribution < -0.4 is 5.63 Å². The van der Waals surface area contributed by atoms with Crippen LogP contribution in [-0.4, -0.2) is 5.16 Å². The molecule has 0 unspecified atom stereocenters. The quantitative estimate of drug-likeness (QED) is 0.689. The van der Waals surface area contributed by atoms with Gasteiger partial charge < -0.3 is 4.52 Å². The molecule has 0 fully saturated rings. The van der Waals surface area contributed by atoms with Crippen molar-refractivity contribution in [3.63, 3.8) is 0 Å². The molecule has 1 heterocycles. The maximum Gasteiger partial charge on any atom is 0.366 e. The van der Waals surface area contributed by atoms with Gasteiger partial charge in [0.05, 0.1) is 11.1 Å². The summed E-state index contributed by atoms with van der Waals surface area (Å²) in [7, 11) is 0. The van der Waals surface area contributed by atoms with E-state index in [0.717, 1.165) is 23.1 Å². The van der Waals surface area contributed by atoms with Crippen LogP contribution in [0.2, 0.25) is 0 Å². The lowest BCUT2D eigenvalue weighted by Gasteiger charge is -2.00. The maximum absolute atomic E-state index is 11.4. The third-order valence-electron chi connectivity index (χ3n) is 2.37. The zero-order chi connectivity index (χ0) is 10.1. The molecular formula is C11H11NO2. The Balaban J connectivity index is 2.87. The third kappa shape index (κ3) is 1.31. The smallest absolute Gasteiger partial charge is 0.313 e. The van der Waals surface area contributed by atoms with Crippen molar-refractivity contribution in [2.24, 2.45) is 0 Å². The highest BCUT2D eigenvalue weighted by atomic mass is 16.5. The van der Waals surface area contributed by atoms with Crippen molar-refractivity contribution < 1.29 is 4.52 Å². The summed E-state index contributed by atoms with van der Waals surface area (Å²) < 4.78 is 4.67. The van der Waals surface area contributed by atoms with E-state index in [1.54, 1.807) is 0 Å². The molecule has 0 spiro atoms. The molecule has 2 aromatic rings. The second kappa shape index (κ2) is 3.25. The van der Waals surface area contributed by atoms with Gasteiger partial charge in [-0.05, 0) is 25.0 Å². The van der Waals surface area contributed by atoms with Gasteiger partial charge in [-0.2, -0.15) is 0 Å². The number of rotatable bonds is 1. The minimum absolute atomic E-state index is 0.360. The Morgan fingerprint density at radius 2 is 2.14 bits per heavy atom. The minimum atomic E-state index is -0.360. The lowest BCUT2D eigenvalue weighted by Crippen LogP contribution is -2.03. The van der Waals surface area contributed by atoms with Crippen LogP contribution in [0.1, 0.15) is 18.2 Å². The van der Waals surface area contributed by atoms with E-state index in [1.165, 1.54) is 0 Å². The first-order chi connectivity index (χ1) is 6.72. The van der Waals surface area contributed by atoms with Crippen LogP contribution in [-0.2, 0) is 6.42 Å². The molecule has 1 aromatic heterocycles. The standard InChI is InChI=1S/C11H11NO2/c1-3-8-4-5-9-7(2)12-14-11(13)10(9)6-8/h4-6H,3H2,1-2H3. The maximum atomic E-state index is 11.4. The van der Waals surface area contributed by atoms with Gasteiger partial charge in [0, 0.05) is 5.39 Å². The van der Waals surface area contributed by atoms with E-state index in [0.29, 0.717) is 5.39 Å².